The fourth-order valence-electron chi connectivity index (χ4n) is 3.78. The average Bonchev–Trinajstić information content (AvgIpc) is 3.18. The van der Waals surface area contributed by atoms with Crippen molar-refractivity contribution >= 4 is 24.8 Å². The number of morpholine rings is 1. The Morgan fingerprint density at radius 1 is 1.09 bits per heavy atom. The molecular formula is C24H34N4O4Si. The maximum atomic E-state index is 9.13. The Bertz CT molecular complexity index is 1060. The topological polar surface area (TPSA) is 81.9 Å². The Hall–Kier alpha value is -2.46. The van der Waals surface area contributed by atoms with Gasteiger partial charge in [-0.15, -0.1) is 0 Å². The molecule has 3 heterocycles. The maximum absolute atomic E-state index is 9.13. The van der Waals surface area contributed by atoms with Gasteiger partial charge >= 0.3 is 0 Å². The SMILES string of the molecule is C[Si](C)(C)CCOCn1nc(-c2ccnc(N3CCOCC3)c2)c2cc(OCCO)ccc21. The molecule has 0 amide bonds. The van der Waals surface area contributed by atoms with E-state index in [0.29, 0.717) is 25.7 Å². The molecule has 1 aliphatic heterocycles. The first-order valence-electron chi connectivity index (χ1n) is 11.6. The third kappa shape index (κ3) is 6.11. The maximum Gasteiger partial charge on any atom is 0.140 e. The fraction of sp³-hybridized carbons (Fsp3) is 0.500. The van der Waals surface area contributed by atoms with Gasteiger partial charge in [0.05, 0.1) is 25.3 Å². The van der Waals surface area contributed by atoms with Gasteiger partial charge in [-0.3, -0.25) is 0 Å². The summed E-state index contributed by atoms with van der Waals surface area (Å²) in [5, 5.41) is 15.0. The summed E-state index contributed by atoms with van der Waals surface area (Å²) >= 11 is 0. The van der Waals surface area contributed by atoms with Gasteiger partial charge in [-0.25, -0.2) is 9.67 Å². The van der Waals surface area contributed by atoms with E-state index in [-0.39, 0.29) is 13.2 Å². The Kier molecular flexibility index (Phi) is 7.64. The number of aliphatic hydroxyl groups is 1. The van der Waals surface area contributed by atoms with Crippen molar-refractivity contribution in [3.8, 4) is 17.0 Å². The zero-order valence-corrected chi connectivity index (χ0v) is 20.8. The minimum absolute atomic E-state index is 0.0254. The molecule has 8 nitrogen and oxygen atoms in total. The first-order chi connectivity index (χ1) is 15.9. The number of benzene rings is 1. The van der Waals surface area contributed by atoms with Crippen molar-refractivity contribution in [2.45, 2.75) is 32.4 Å². The van der Waals surface area contributed by atoms with Gasteiger partial charge < -0.3 is 24.2 Å². The standard InChI is InChI=1S/C24H34N4O4Si/c1-33(2,3)15-14-31-18-28-22-5-4-20(32-13-10-29)17-21(22)24(26-28)19-6-7-25-23(16-19)27-8-11-30-12-9-27/h4-7,16-17,29H,8-15,18H2,1-3H3. The zero-order valence-electron chi connectivity index (χ0n) is 19.8. The van der Waals surface area contributed by atoms with E-state index in [1.54, 1.807) is 0 Å². The van der Waals surface area contributed by atoms with Crippen molar-refractivity contribution in [2.75, 3.05) is 51.0 Å². The third-order valence-corrected chi connectivity index (χ3v) is 7.35. The predicted octanol–water partition coefficient (Wildman–Crippen LogP) is 3.62. The molecule has 0 aliphatic carbocycles. The first kappa shape index (κ1) is 23.7. The number of aliphatic hydroxyl groups excluding tert-OH is 1. The van der Waals surface area contributed by atoms with E-state index in [4.69, 9.17) is 24.4 Å². The number of aromatic nitrogens is 3. The van der Waals surface area contributed by atoms with Crippen LogP contribution in [-0.4, -0.2) is 74.1 Å². The quantitative estimate of drug-likeness (QED) is 0.358. The van der Waals surface area contributed by atoms with Crippen LogP contribution < -0.4 is 9.64 Å². The Balaban J connectivity index is 1.65. The van der Waals surface area contributed by atoms with Gasteiger partial charge in [0.25, 0.3) is 0 Å². The van der Waals surface area contributed by atoms with Crippen LogP contribution in [-0.2, 0) is 16.2 Å². The van der Waals surface area contributed by atoms with Crippen molar-refractivity contribution < 1.29 is 19.3 Å². The molecule has 0 bridgehead atoms. The van der Waals surface area contributed by atoms with E-state index >= 15 is 0 Å². The van der Waals surface area contributed by atoms with Crippen LogP contribution in [0.2, 0.25) is 25.7 Å². The molecule has 0 radical (unpaired) electrons. The highest BCUT2D eigenvalue weighted by Gasteiger charge is 2.18. The third-order valence-electron chi connectivity index (χ3n) is 5.65. The molecule has 1 N–H and O–H groups in total. The highest BCUT2D eigenvalue weighted by molar-refractivity contribution is 6.76. The monoisotopic (exact) mass is 470 g/mol. The molecule has 1 aliphatic rings. The Morgan fingerprint density at radius 2 is 1.91 bits per heavy atom. The summed E-state index contributed by atoms with van der Waals surface area (Å²) in [4.78, 5) is 6.82. The van der Waals surface area contributed by atoms with Crippen molar-refractivity contribution in [1.29, 1.82) is 0 Å². The van der Waals surface area contributed by atoms with E-state index in [0.717, 1.165) is 53.7 Å². The molecule has 1 fully saturated rings. The second-order valence-electron chi connectivity index (χ2n) is 9.45. The first-order valence-corrected chi connectivity index (χ1v) is 15.3. The minimum Gasteiger partial charge on any atom is -0.491 e. The van der Waals surface area contributed by atoms with Crippen molar-refractivity contribution in [3.63, 3.8) is 0 Å². The molecule has 0 unspecified atom stereocenters. The molecule has 0 spiro atoms. The van der Waals surface area contributed by atoms with Crippen LogP contribution in [0.25, 0.3) is 22.2 Å². The number of rotatable bonds is 10. The van der Waals surface area contributed by atoms with Gasteiger partial charge in [-0.1, -0.05) is 19.6 Å². The number of fused-ring (bicyclic) bond motifs is 1. The van der Waals surface area contributed by atoms with Crippen LogP contribution in [0.4, 0.5) is 5.82 Å². The van der Waals surface area contributed by atoms with Gasteiger partial charge in [0, 0.05) is 44.9 Å². The molecular weight excluding hydrogens is 436 g/mol. The highest BCUT2D eigenvalue weighted by atomic mass is 28.3. The summed E-state index contributed by atoms with van der Waals surface area (Å²) in [6, 6.07) is 11.1. The lowest BCUT2D eigenvalue weighted by atomic mass is 10.1. The molecule has 4 rings (SSSR count). The summed E-state index contributed by atoms with van der Waals surface area (Å²) in [6.07, 6.45) is 1.83. The number of anilines is 1. The number of ether oxygens (including phenoxy) is 3. The smallest absolute Gasteiger partial charge is 0.140 e. The van der Waals surface area contributed by atoms with Crippen LogP contribution >= 0.6 is 0 Å². The van der Waals surface area contributed by atoms with E-state index in [2.05, 4.69) is 35.6 Å². The van der Waals surface area contributed by atoms with Gasteiger partial charge in [0.2, 0.25) is 0 Å². The average molecular weight is 471 g/mol. The van der Waals surface area contributed by atoms with Crippen LogP contribution in [0.3, 0.4) is 0 Å². The van der Waals surface area contributed by atoms with Gasteiger partial charge in [-0.2, -0.15) is 5.10 Å². The van der Waals surface area contributed by atoms with E-state index in [9.17, 15) is 0 Å². The second-order valence-corrected chi connectivity index (χ2v) is 15.1. The molecule has 9 heteroatoms. The largest absolute Gasteiger partial charge is 0.491 e. The van der Waals surface area contributed by atoms with Crippen LogP contribution in [0.5, 0.6) is 5.75 Å². The predicted molar refractivity (Wildman–Crippen MR) is 133 cm³/mol. The molecule has 0 saturated carbocycles. The Morgan fingerprint density at radius 3 is 2.67 bits per heavy atom. The lowest BCUT2D eigenvalue weighted by Gasteiger charge is -2.27. The van der Waals surface area contributed by atoms with E-state index in [1.165, 1.54) is 0 Å². The molecule has 1 saturated heterocycles. The highest BCUT2D eigenvalue weighted by Crippen LogP contribution is 2.32. The van der Waals surface area contributed by atoms with Crippen LogP contribution in [0.1, 0.15) is 0 Å². The normalized spacial score (nSPS) is 14.7. The summed E-state index contributed by atoms with van der Waals surface area (Å²) in [5.41, 5.74) is 2.85. The molecule has 178 valence electrons. The number of hydrogen-bond donors (Lipinski definition) is 1. The lowest BCUT2D eigenvalue weighted by Crippen LogP contribution is -2.36. The molecule has 2 aromatic heterocycles. The van der Waals surface area contributed by atoms with E-state index < -0.39 is 8.07 Å². The second kappa shape index (κ2) is 10.6. The minimum atomic E-state index is -1.15. The molecule has 0 atom stereocenters. The summed E-state index contributed by atoms with van der Waals surface area (Å²) in [5.74, 6) is 1.64. The van der Waals surface area contributed by atoms with Gasteiger partial charge in [0.15, 0.2) is 0 Å². The number of nitrogens with zero attached hydrogens (tertiary/aromatic N) is 4. The van der Waals surface area contributed by atoms with Crippen molar-refractivity contribution in [3.05, 3.63) is 36.5 Å². The molecule has 3 aromatic rings. The van der Waals surface area contributed by atoms with Crippen LogP contribution in [0, 0.1) is 0 Å². The van der Waals surface area contributed by atoms with Gasteiger partial charge in [0.1, 0.15) is 30.6 Å². The number of pyridine rings is 1. The van der Waals surface area contributed by atoms with Crippen LogP contribution in [0.15, 0.2) is 36.5 Å². The Labute approximate surface area is 196 Å². The van der Waals surface area contributed by atoms with Crippen molar-refractivity contribution in [1.82, 2.24) is 14.8 Å². The molecule has 1 aromatic carbocycles. The summed E-state index contributed by atoms with van der Waals surface area (Å²) in [6.45, 7) is 11.5. The fourth-order valence-corrected chi connectivity index (χ4v) is 4.54. The zero-order chi connectivity index (χ0) is 23.3. The van der Waals surface area contributed by atoms with Crippen molar-refractivity contribution in [2.24, 2.45) is 0 Å². The van der Waals surface area contributed by atoms with E-state index in [1.807, 2.05) is 35.1 Å². The lowest BCUT2D eigenvalue weighted by molar-refractivity contribution is 0.0818. The molecule has 33 heavy (non-hydrogen) atoms. The summed E-state index contributed by atoms with van der Waals surface area (Å²) < 4.78 is 19.1. The number of hydrogen-bond acceptors (Lipinski definition) is 7. The van der Waals surface area contributed by atoms with Gasteiger partial charge in [-0.05, 0) is 36.4 Å². The summed E-state index contributed by atoms with van der Waals surface area (Å²) in [7, 11) is -1.15.